The first-order valence-corrected chi connectivity index (χ1v) is 9.71. The van der Waals surface area contributed by atoms with Crippen molar-refractivity contribution in [2.45, 2.75) is 6.04 Å². The molecular formula is C21H19BrFNO5. The number of carbonyl (C=O) groups is 2. The maximum Gasteiger partial charge on any atom is 0.295 e. The molecule has 0 spiro atoms. The summed E-state index contributed by atoms with van der Waals surface area (Å²) in [5, 5.41) is 19.7. The van der Waals surface area contributed by atoms with Gasteiger partial charge in [0.15, 0.2) is 0 Å². The third-order valence-corrected chi connectivity index (χ3v) is 5.03. The van der Waals surface area contributed by atoms with Crippen molar-refractivity contribution in [2.24, 2.45) is 0 Å². The van der Waals surface area contributed by atoms with Gasteiger partial charge in [0.1, 0.15) is 11.6 Å². The molecule has 2 aromatic carbocycles. The quantitative estimate of drug-likeness (QED) is 0.285. The largest absolute Gasteiger partial charge is 0.507 e. The van der Waals surface area contributed by atoms with Gasteiger partial charge in [0.2, 0.25) is 0 Å². The van der Waals surface area contributed by atoms with E-state index in [0.717, 1.165) is 4.47 Å². The summed E-state index contributed by atoms with van der Waals surface area (Å²) in [6.07, 6.45) is 0. The fourth-order valence-electron chi connectivity index (χ4n) is 3.23. The number of ketones is 1. The third-order valence-electron chi connectivity index (χ3n) is 4.53. The second-order valence-corrected chi connectivity index (χ2v) is 7.31. The Morgan fingerprint density at radius 2 is 1.86 bits per heavy atom. The van der Waals surface area contributed by atoms with Crippen LogP contribution in [0.3, 0.4) is 0 Å². The van der Waals surface area contributed by atoms with E-state index in [0.29, 0.717) is 5.56 Å². The van der Waals surface area contributed by atoms with Crippen molar-refractivity contribution in [3.8, 4) is 0 Å². The van der Waals surface area contributed by atoms with E-state index in [9.17, 15) is 19.1 Å². The van der Waals surface area contributed by atoms with Crippen LogP contribution in [0.5, 0.6) is 0 Å². The molecule has 1 aliphatic heterocycles. The number of Topliss-reactive ketones (excluding diaryl/α,β-unsaturated/α-hetero) is 1. The molecule has 29 heavy (non-hydrogen) atoms. The second kappa shape index (κ2) is 9.30. The highest BCUT2D eigenvalue weighted by atomic mass is 79.9. The Balaban J connectivity index is 2.07. The van der Waals surface area contributed by atoms with Crippen LogP contribution in [0.2, 0.25) is 0 Å². The lowest BCUT2D eigenvalue weighted by Crippen LogP contribution is -2.33. The number of aliphatic hydroxyl groups is 2. The summed E-state index contributed by atoms with van der Waals surface area (Å²) < 4.78 is 19.2. The third kappa shape index (κ3) is 4.55. The molecular weight excluding hydrogens is 445 g/mol. The van der Waals surface area contributed by atoms with Crippen molar-refractivity contribution in [3.63, 3.8) is 0 Å². The van der Waals surface area contributed by atoms with Gasteiger partial charge in [-0.3, -0.25) is 9.59 Å². The first-order valence-electron chi connectivity index (χ1n) is 8.92. The number of amides is 1. The number of carbonyl (C=O) groups excluding carboxylic acids is 2. The van der Waals surface area contributed by atoms with Crippen LogP contribution in [-0.2, 0) is 14.3 Å². The number of hydrogen-bond donors (Lipinski definition) is 2. The molecule has 0 saturated carbocycles. The minimum absolute atomic E-state index is 0.0677. The predicted molar refractivity (Wildman–Crippen MR) is 107 cm³/mol. The SMILES string of the molecule is O=C1C(=O)N(CCOCCO)C(c2cccc(Br)c2)/C1=C(\O)c1ccc(F)cc1. The summed E-state index contributed by atoms with van der Waals surface area (Å²) in [4.78, 5) is 26.8. The van der Waals surface area contributed by atoms with Crippen molar-refractivity contribution in [3.05, 3.63) is 75.5 Å². The van der Waals surface area contributed by atoms with Gasteiger partial charge in [0.25, 0.3) is 11.7 Å². The first kappa shape index (κ1) is 21.2. The molecule has 0 aromatic heterocycles. The Morgan fingerprint density at radius 1 is 1.14 bits per heavy atom. The van der Waals surface area contributed by atoms with Crippen LogP contribution >= 0.6 is 15.9 Å². The van der Waals surface area contributed by atoms with Gasteiger partial charge in [-0.25, -0.2) is 4.39 Å². The maximum absolute atomic E-state index is 13.3. The molecule has 6 nitrogen and oxygen atoms in total. The zero-order valence-corrected chi connectivity index (χ0v) is 16.9. The smallest absolute Gasteiger partial charge is 0.295 e. The number of benzene rings is 2. The monoisotopic (exact) mass is 463 g/mol. The molecule has 1 saturated heterocycles. The van der Waals surface area contributed by atoms with E-state index in [4.69, 9.17) is 9.84 Å². The van der Waals surface area contributed by atoms with E-state index in [2.05, 4.69) is 15.9 Å². The number of ether oxygens (including phenoxy) is 1. The summed E-state index contributed by atoms with van der Waals surface area (Å²) >= 11 is 3.38. The standard InChI is InChI=1S/C21H19BrFNO5/c22-15-3-1-2-14(12-15)18-17(19(26)13-4-6-16(23)7-5-13)20(27)21(28)24(18)8-10-29-11-9-25/h1-7,12,18,25-26H,8-11H2/b19-17+. The van der Waals surface area contributed by atoms with Gasteiger partial charge >= 0.3 is 0 Å². The van der Waals surface area contributed by atoms with Crippen LogP contribution in [0.15, 0.2) is 58.6 Å². The first-order chi connectivity index (χ1) is 13.9. The topological polar surface area (TPSA) is 87.1 Å². The fourth-order valence-corrected chi connectivity index (χ4v) is 3.64. The average molecular weight is 464 g/mol. The van der Waals surface area contributed by atoms with Gasteiger partial charge in [-0.05, 0) is 42.0 Å². The number of rotatable bonds is 7. The lowest BCUT2D eigenvalue weighted by molar-refractivity contribution is -0.140. The van der Waals surface area contributed by atoms with Crippen molar-refractivity contribution in [2.75, 3.05) is 26.4 Å². The molecule has 0 bridgehead atoms. The molecule has 3 rings (SSSR count). The molecule has 1 atom stereocenters. The predicted octanol–water partition coefficient (Wildman–Crippen LogP) is 3.02. The molecule has 1 fully saturated rings. The van der Waals surface area contributed by atoms with E-state index in [1.165, 1.54) is 29.2 Å². The molecule has 2 N–H and O–H groups in total. The van der Waals surface area contributed by atoms with Crippen molar-refractivity contribution < 1.29 is 28.9 Å². The van der Waals surface area contributed by atoms with Crippen LogP contribution in [-0.4, -0.2) is 53.2 Å². The van der Waals surface area contributed by atoms with Crippen molar-refractivity contribution in [1.29, 1.82) is 0 Å². The molecule has 2 aromatic rings. The molecule has 0 aliphatic carbocycles. The zero-order valence-electron chi connectivity index (χ0n) is 15.3. The summed E-state index contributed by atoms with van der Waals surface area (Å²) in [7, 11) is 0. The number of hydrogen-bond acceptors (Lipinski definition) is 5. The molecule has 152 valence electrons. The highest BCUT2D eigenvalue weighted by molar-refractivity contribution is 9.10. The maximum atomic E-state index is 13.3. The van der Waals surface area contributed by atoms with Gasteiger partial charge in [-0.1, -0.05) is 28.1 Å². The van der Waals surface area contributed by atoms with Gasteiger partial charge in [-0.2, -0.15) is 0 Å². The fraction of sp³-hybridized carbons (Fsp3) is 0.238. The van der Waals surface area contributed by atoms with E-state index in [1.807, 2.05) is 0 Å². The normalized spacial score (nSPS) is 18.4. The van der Waals surface area contributed by atoms with Crippen LogP contribution in [0.1, 0.15) is 17.2 Å². The highest BCUT2D eigenvalue weighted by Crippen LogP contribution is 2.39. The van der Waals surface area contributed by atoms with Gasteiger partial charge in [0.05, 0.1) is 31.4 Å². The van der Waals surface area contributed by atoms with E-state index < -0.39 is 23.5 Å². The highest BCUT2D eigenvalue weighted by Gasteiger charge is 2.45. The average Bonchev–Trinajstić information content (AvgIpc) is 2.96. The number of nitrogens with zero attached hydrogens (tertiary/aromatic N) is 1. The summed E-state index contributed by atoms with van der Waals surface area (Å²) in [6, 6.07) is 11.3. The summed E-state index contributed by atoms with van der Waals surface area (Å²) in [5.41, 5.74) is 0.798. The molecule has 8 heteroatoms. The lowest BCUT2D eigenvalue weighted by Gasteiger charge is -2.25. The Bertz CT molecular complexity index is 944. The van der Waals surface area contributed by atoms with Crippen LogP contribution in [0.4, 0.5) is 4.39 Å². The molecule has 1 amide bonds. The van der Waals surface area contributed by atoms with Crippen LogP contribution in [0.25, 0.3) is 5.76 Å². The summed E-state index contributed by atoms with van der Waals surface area (Å²) in [6.45, 7) is 0.177. The Labute approximate surface area is 175 Å². The van der Waals surface area contributed by atoms with E-state index in [1.54, 1.807) is 24.3 Å². The lowest BCUT2D eigenvalue weighted by atomic mass is 9.95. The van der Waals surface area contributed by atoms with Crippen molar-refractivity contribution in [1.82, 2.24) is 4.90 Å². The molecule has 1 heterocycles. The molecule has 1 aliphatic rings. The second-order valence-electron chi connectivity index (χ2n) is 6.39. The molecule has 1 unspecified atom stereocenters. The molecule has 0 radical (unpaired) electrons. The van der Waals surface area contributed by atoms with Gasteiger partial charge < -0.3 is 19.8 Å². The Morgan fingerprint density at radius 3 is 2.52 bits per heavy atom. The van der Waals surface area contributed by atoms with Gasteiger partial charge in [0, 0.05) is 16.6 Å². The minimum Gasteiger partial charge on any atom is -0.507 e. The Kier molecular flexibility index (Phi) is 6.79. The number of halogens is 2. The van der Waals surface area contributed by atoms with Crippen LogP contribution < -0.4 is 0 Å². The van der Waals surface area contributed by atoms with Gasteiger partial charge in [-0.15, -0.1) is 0 Å². The van der Waals surface area contributed by atoms with Crippen LogP contribution in [0, 0.1) is 5.82 Å². The zero-order chi connectivity index (χ0) is 21.0. The van der Waals surface area contributed by atoms with Crippen molar-refractivity contribution >= 4 is 33.4 Å². The Hall–Kier alpha value is -2.55. The number of aliphatic hydroxyl groups excluding tert-OH is 2. The minimum atomic E-state index is -0.824. The van der Waals surface area contributed by atoms with E-state index in [-0.39, 0.29) is 43.3 Å². The summed E-state index contributed by atoms with van der Waals surface area (Å²) in [5.74, 6) is -2.43. The van der Waals surface area contributed by atoms with E-state index >= 15 is 0 Å². The number of likely N-dealkylation sites (tertiary alicyclic amines) is 1.